The van der Waals surface area contributed by atoms with Gasteiger partial charge in [0.05, 0.1) is 6.10 Å². The lowest BCUT2D eigenvalue weighted by molar-refractivity contribution is 0.0794. The topological polar surface area (TPSA) is 29.5 Å². The number of aliphatic hydroxyl groups is 1. The molecule has 0 amide bonds. The van der Waals surface area contributed by atoms with Crippen LogP contribution < -0.4 is 4.74 Å². The number of hydrogen-bond donors (Lipinski definition) is 1. The molecule has 1 aromatic rings. The third-order valence-corrected chi connectivity index (χ3v) is 4.19. The fraction of sp³-hybridized carbons (Fsp3) is 0.714. The largest absolute Gasteiger partial charge is 0.490 e. The molecule has 0 spiro atoms. The highest BCUT2D eigenvalue weighted by Crippen LogP contribution is 2.37. The molecule has 0 aliphatic carbocycles. The molecular weight excluding hydrogens is 284 g/mol. The van der Waals surface area contributed by atoms with E-state index in [0.29, 0.717) is 12.0 Å². The van der Waals surface area contributed by atoms with Crippen LogP contribution in [-0.4, -0.2) is 17.8 Å². The summed E-state index contributed by atoms with van der Waals surface area (Å²) in [5, 5.41) is 10.3. The molecular formula is C21H36O2. The van der Waals surface area contributed by atoms with Crippen molar-refractivity contribution in [2.24, 2.45) is 10.8 Å². The number of benzene rings is 1. The van der Waals surface area contributed by atoms with Crippen LogP contribution in [0.1, 0.15) is 70.6 Å². The second-order valence-corrected chi connectivity index (χ2v) is 9.13. The molecule has 132 valence electrons. The molecule has 1 rings (SSSR count). The predicted octanol–water partition coefficient (Wildman–Crippen LogP) is 5.59. The first-order valence-electron chi connectivity index (χ1n) is 8.78. The van der Waals surface area contributed by atoms with Crippen LogP contribution in [0.5, 0.6) is 5.75 Å². The summed E-state index contributed by atoms with van der Waals surface area (Å²) in [6, 6.07) is 4.25. The van der Waals surface area contributed by atoms with Gasteiger partial charge in [0, 0.05) is 0 Å². The molecule has 0 bridgehead atoms. The molecule has 23 heavy (non-hydrogen) atoms. The molecule has 0 fully saturated rings. The molecule has 0 saturated heterocycles. The van der Waals surface area contributed by atoms with Crippen molar-refractivity contribution in [1.29, 1.82) is 0 Å². The van der Waals surface area contributed by atoms with Gasteiger partial charge in [-0.05, 0) is 62.0 Å². The van der Waals surface area contributed by atoms with Crippen molar-refractivity contribution in [3.8, 4) is 5.75 Å². The van der Waals surface area contributed by atoms with Crippen molar-refractivity contribution >= 4 is 0 Å². The minimum atomic E-state index is -0.408. The second kappa shape index (κ2) is 7.70. The summed E-state index contributed by atoms with van der Waals surface area (Å²) in [4.78, 5) is 0. The van der Waals surface area contributed by atoms with Crippen LogP contribution in [0, 0.1) is 31.6 Å². The van der Waals surface area contributed by atoms with E-state index in [0.717, 1.165) is 36.1 Å². The van der Waals surface area contributed by atoms with Crippen molar-refractivity contribution < 1.29 is 9.84 Å². The number of aliphatic hydroxyl groups excluding tert-OH is 1. The van der Waals surface area contributed by atoms with Crippen molar-refractivity contribution in [2.75, 3.05) is 6.61 Å². The van der Waals surface area contributed by atoms with Crippen LogP contribution in [0.15, 0.2) is 12.1 Å². The minimum Gasteiger partial charge on any atom is -0.490 e. The third kappa shape index (κ3) is 7.39. The molecule has 0 radical (unpaired) electrons. The van der Waals surface area contributed by atoms with Crippen LogP contribution >= 0.6 is 0 Å². The van der Waals surface area contributed by atoms with Gasteiger partial charge in [0.2, 0.25) is 0 Å². The van der Waals surface area contributed by atoms with E-state index >= 15 is 0 Å². The normalized spacial score (nSPS) is 14.0. The molecule has 0 heterocycles. The monoisotopic (exact) mass is 320 g/mol. The van der Waals surface area contributed by atoms with Crippen LogP contribution in [0.2, 0.25) is 0 Å². The van der Waals surface area contributed by atoms with E-state index in [1.54, 1.807) is 0 Å². The van der Waals surface area contributed by atoms with Crippen molar-refractivity contribution in [2.45, 2.75) is 80.8 Å². The highest BCUT2D eigenvalue weighted by molar-refractivity contribution is 5.42. The van der Waals surface area contributed by atoms with Crippen LogP contribution in [0.25, 0.3) is 0 Å². The predicted molar refractivity (Wildman–Crippen MR) is 99.2 cm³/mol. The molecule has 2 heteroatoms. The first-order chi connectivity index (χ1) is 10.4. The molecule has 1 unspecified atom stereocenters. The van der Waals surface area contributed by atoms with Gasteiger partial charge in [-0.1, -0.05) is 52.3 Å². The van der Waals surface area contributed by atoms with E-state index in [2.05, 4.69) is 67.5 Å². The summed E-state index contributed by atoms with van der Waals surface area (Å²) in [7, 11) is 0. The first-order valence-corrected chi connectivity index (χ1v) is 8.78. The molecule has 1 atom stereocenters. The van der Waals surface area contributed by atoms with Gasteiger partial charge in [-0.25, -0.2) is 0 Å². The van der Waals surface area contributed by atoms with Crippen LogP contribution in [0.4, 0.5) is 0 Å². The van der Waals surface area contributed by atoms with Gasteiger partial charge in [0.15, 0.2) is 0 Å². The Kier molecular flexibility index (Phi) is 6.70. The van der Waals surface area contributed by atoms with E-state index in [1.165, 1.54) is 5.56 Å². The lowest BCUT2D eigenvalue weighted by Crippen LogP contribution is -2.25. The van der Waals surface area contributed by atoms with Gasteiger partial charge in [-0.3, -0.25) is 0 Å². The van der Waals surface area contributed by atoms with E-state index < -0.39 is 6.10 Å². The Labute approximate surface area is 143 Å². The molecule has 2 nitrogen and oxygen atoms in total. The van der Waals surface area contributed by atoms with E-state index in [-0.39, 0.29) is 5.41 Å². The number of hydrogen-bond acceptors (Lipinski definition) is 2. The summed E-state index contributed by atoms with van der Waals surface area (Å²) in [6.45, 7) is 18.0. The Hall–Kier alpha value is -1.02. The fourth-order valence-electron chi connectivity index (χ4n) is 3.74. The summed E-state index contributed by atoms with van der Waals surface area (Å²) in [5.74, 6) is 0.920. The molecule has 0 aliphatic heterocycles. The maximum absolute atomic E-state index is 10.3. The first kappa shape index (κ1) is 20.0. The lowest BCUT2D eigenvalue weighted by Gasteiger charge is -2.33. The van der Waals surface area contributed by atoms with Crippen molar-refractivity contribution in [3.63, 3.8) is 0 Å². The summed E-state index contributed by atoms with van der Waals surface area (Å²) in [5.41, 5.74) is 4.10. The molecule has 0 aromatic heterocycles. The maximum atomic E-state index is 10.3. The smallest absolute Gasteiger partial charge is 0.125 e. The van der Waals surface area contributed by atoms with Gasteiger partial charge in [-0.2, -0.15) is 0 Å². The van der Waals surface area contributed by atoms with Crippen molar-refractivity contribution in [1.82, 2.24) is 0 Å². The SMILES string of the molecule is Cc1cc(C)c(OCC(O)CCC(C)(C)CC(C)(C)C)c(C)c1. The van der Waals surface area contributed by atoms with Gasteiger partial charge < -0.3 is 9.84 Å². The Morgan fingerprint density at radius 1 is 1.00 bits per heavy atom. The highest BCUT2D eigenvalue weighted by atomic mass is 16.5. The lowest BCUT2D eigenvalue weighted by atomic mass is 9.73. The molecule has 1 N–H and O–H groups in total. The van der Waals surface area contributed by atoms with Crippen LogP contribution in [-0.2, 0) is 0 Å². The second-order valence-electron chi connectivity index (χ2n) is 9.13. The fourth-order valence-corrected chi connectivity index (χ4v) is 3.74. The quantitative estimate of drug-likeness (QED) is 0.709. The van der Waals surface area contributed by atoms with Gasteiger partial charge >= 0.3 is 0 Å². The van der Waals surface area contributed by atoms with Gasteiger partial charge in [0.1, 0.15) is 12.4 Å². The standard InChI is InChI=1S/C21H36O2/c1-15-11-16(2)19(17(3)12-15)23-13-18(22)9-10-21(7,8)14-20(4,5)6/h11-12,18,22H,9-10,13-14H2,1-8H3. The number of ether oxygens (including phenoxy) is 1. The Balaban J connectivity index is 2.51. The number of rotatable bonds is 7. The zero-order valence-corrected chi connectivity index (χ0v) is 16.4. The zero-order chi connectivity index (χ0) is 17.8. The van der Waals surface area contributed by atoms with E-state index in [4.69, 9.17) is 4.74 Å². The minimum absolute atomic E-state index is 0.245. The van der Waals surface area contributed by atoms with Gasteiger partial charge in [0.25, 0.3) is 0 Å². The summed E-state index contributed by atoms with van der Waals surface area (Å²) < 4.78 is 5.90. The average molecular weight is 321 g/mol. The summed E-state index contributed by atoms with van der Waals surface area (Å²) in [6.07, 6.45) is 2.55. The van der Waals surface area contributed by atoms with Gasteiger partial charge in [-0.15, -0.1) is 0 Å². The maximum Gasteiger partial charge on any atom is 0.125 e. The Morgan fingerprint density at radius 3 is 2.00 bits per heavy atom. The average Bonchev–Trinajstić information content (AvgIpc) is 2.32. The Bertz CT molecular complexity index is 486. The Morgan fingerprint density at radius 2 is 1.52 bits per heavy atom. The summed E-state index contributed by atoms with van der Waals surface area (Å²) >= 11 is 0. The third-order valence-electron chi connectivity index (χ3n) is 4.19. The number of aryl methyl sites for hydroxylation is 3. The molecule has 1 aromatic carbocycles. The van der Waals surface area contributed by atoms with Crippen molar-refractivity contribution in [3.05, 3.63) is 28.8 Å². The highest BCUT2D eigenvalue weighted by Gasteiger charge is 2.26. The van der Waals surface area contributed by atoms with E-state index in [9.17, 15) is 5.11 Å². The zero-order valence-electron chi connectivity index (χ0n) is 16.4. The molecule has 0 saturated carbocycles. The molecule has 0 aliphatic rings. The van der Waals surface area contributed by atoms with E-state index in [1.807, 2.05) is 0 Å². The van der Waals surface area contributed by atoms with Crippen LogP contribution in [0.3, 0.4) is 0 Å².